The number of hydrogen-bond acceptors (Lipinski definition) is 3. The molecule has 0 spiro atoms. The van der Waals surface area contributed by atoms with Crippen LogP contribution in [0.15, 0.2) is 18.3 Å². The average molecular weight is 305 g/mol. The Morgan fingerprint density at radius 2 is 1.86 bits per heavy atom. The van der Waals surface area contributed by atoms with Crippen LogP contribution in [0.2, 0.25) is 0 Å². The molecule has 22 heavy (non-hydrogen) atoms. The maximum atomic E-state index is 11.7. The minimum atomic E-state index is 0.332. The molecule has 0 radical (unpaired) electrons. The molecule has 0 saturated carbocycles. The van der Waals surface area contributed by atoms with Crippen LogP contribution in [0.3, 0.4) is 0 Å². The number of carbonyl (C=O) groups is 1. The van der Waals surface area contributed by atoms with E-state index in [9.17, 15) is 4.79 Å². The third-order valence-corrected chi connectivity index (χ3v) is 3.93. The Kier molecular flexibility index (Phi) is 7.92. The maximum Gasteiger partial charge on any atom is 0.222 e. The predicted molar refractivity (Wildman–Crippen MR) is 93.2 cm³/mol. The van der Waals surface area contributed by atoms with E-state index >= 15 is 0 Å². The minimum absolute atomic E-state index is 0.332. The van der Waals surface area contributed by atoms with Crippen molar-refractivity contribution in [2.24, 2.45) is 0 Å². The van der Waals surface area contributed by atoms with Crippen LogP contribution in [-0.4, -0.2) is 41.5 Å². The number of aromatic nitrogens is 1. The van der Waals surface area contributed by atoms with Crippen LogP contribution in [0.4, 0.5) is 5.82 Å². The molecule has 4 nitrogen and oxygen atoms in total. The second-order valence-corrected chi connectivity index (χ2v) is 5.27. The standard InChI is InChI=1S/C14H19N3O.2C2H6/c1-11-4-5-13(15-9-11)16-8-6-12(10-16)17-7-2-3-14(17)18;2*1-2/h4-5,9,12H,2-3,6-8,10H2,1H3;2*1-2H3. The highest BCUT2D eigenvalue weighted by molar-refractivity contribution is 5.78. The van der Waals surface area contributed by atoms with Crippen molar-refractivity contribution < 1.29 is 4.79 Å². The van der Waals surface area contributed by atoms with Crippen molar-refractivity contribution in [3.05, 3.63) is 23.9 Å². The lowest BCUT2D eigenvalue weighted by atomic mass is 10.2. The molecule has 0 aliphatic carbocycles. The summed E-state index contributed by atoms with van der Waals surface area (Å²) in [5.41, 5.74) is 1.18. The first-order valence-corrected chi connectivity index (χ1v) is 8.71. The van der Waals surface area contributed by atoms with Crippen molar-refractivity contribution in [1.29, 1.82) is 0 Å². The van der Waals surface area contributed by atoms with Gasteiger partial charge in [0.05, 0.1) is 6.04 Å². The highest BCUT2D eigenvalue weighted by atomic mass is 16.2. The Bertz CT molecular complexity index is 444. The maximum absolute atomic E-state index is 11.7. The molecule has 1 atom stereocenters. The number of amides is 1. The summed E-state index contributed by atoms with van der Waals surface area (Å²) >= 11 is 0. The van der Waals surface area contributed by atoms with Crippen LogP contribution in [0, 0.1) is 6.92 Å². The van der Waals surface area contributed by atoms with Gasteiger partial charge in [0.25, 0.3) is 0 Å². The predicted octanol–water partition coefficient (Wildman–Crippen LogP) is 3.64. The lowest BCUT2D eigenvalue weighted by molar-refractivity contribution is -0.129. The van der Waals surface area contributed by atoms with E-state index in [4.69, 9.17) is 0 Å². The van der Waals surface area contributed by atoms with Gasteiger partial charge in [-0.05, 0) is 31.4 Å². The molecule has 1 aromatic rings. The van der Waals surface area contributed by atoms with Gasteiger partial charge in [0, 0.05) is 32.3 Å². The molecule has 1 unspecified atom stereocenters. The molecule has 0 aromatic carbocycles. The molecular weight excluding hydrogens is 274 g/mol. The summed E-state index contributed by atoms with van der Waals surface area (Å²) in [7, 11) is 0. The minimum Gasteiger partial charge on any atom is -0.354 e. The number of anilines is 1. The number of carbonyl (C=O) groups excluding carboxylic acids is 1. The molecule has 1 amide bonds. The van der Waals surface area contributed by atoms with E-state index in [2.05, 4.69) is 26.9 Å². The van der Waals surface area contributed by atoms with Gasteiger partial charge in [-0.1, -0.05) is 33.8 Å². The number of pyridine rings is 1. The zero-order chi connectivity index (χ0) is 16.5. The monoisotopic (exact) mass is 305 g/mol. The highest BCUT2D eigenvalue weighted by Crippen LogP contribution is 2.24. The third kappa shape index (κ3) is 4.46. The summed E-state index contributed by atoms with van der Waals surface area (Å²) in [6.45, 7) is 12.9. The van der Waals surface area contributed by atoms with Gasteiger partial charge in [-0.2, -0.15) is 0 Å². The molecule has 0 N–H and O–H groups in total. The summed E-state index contributed by atoms with van der Waals surface area (Å²) in [6, 6.07) is 4.56. The van der Waals surface area contributed by atoms with E-state index in [0.29, 0.717) is 11.9 Å². The fourth-order valence-electron chi connectivity index (χ4n) is 2.91. The first-order valence-electron chi connectivity index (χ1n) is 8.71. The fraction of sp³-hybridized carbons (Fsp3) is 0.667. The van der Waals surface area contributed by atoms with Crippen LogP contribution in [0.1, 0.15) is 52.5 Å². The Labute approximate surface area is 135 Å². The lowest BCUT2D eigenvalue weighted by Crippen LogP contribution is -2.38. The Morgan fingerprint density at radius 3 is 2.41 bits per heavy atom. The summed E-state index contributed by atoms with van der Waals surface area (Å²) in [4.78, 5) is 20.6. The molecule has 4 heteroatoms. The SMILES string of the molecule is CC.CC.Cc1ccc(N2CCC(N3CCCC3=O)C2)nc1. The van der Waals surface area contributed by atoms with Crippen molar-refractivity contribution in [3.8, 4) is 0 Å². The van der Waals surface area contributed by atoms with Gasteiger partial charge in [0.2, 0.25) is 5.91 Å². The lowest BCUT2D eigenvalue weighted by Gasteiger charge is -2.24. The van der Waals surface area contributed by atoms with Gasteiger partial charge in [-0.15, -0.1) is 0 Å². The van der Waals surface area contributed by atoms with Crippen LogP contribution in [0.5, 0.6) is 0 Å². The van der Waals surface area contributed by atoms with E-state index in [1.807, 2.05) is 40.8 Å². The van der Waals surface area contributed by atoms with Crippen molar-refractivity contribution in [1.82, 2.24) is 9.88 Å². The molecule has 2 fully saturated rings. The summed E-state index contributed by atoms with van der Waals surface area (Å²) < 4.78 is 0. The van der Waals surface area contributed by atoms with E-state index < -0.39 is 0 Å². The van der Waals surface area contributed by atoms with Crippen molar-refractivity contribution in [2.45, 2.75) is 59.9 Å². The van der Waals surface area contributed by atoms with Crippen molar-refractivity contribution >= 4 is 11.7 Å². The zero-order valence-electron chi connectivity index (χ0n) is 14.8. The summed E-state index contributed by atoms with van der Waals surface area (Å²) in [5.74, 6) is 1.37. The number of aryl methyl sites for hydroxylation is 1. The number of nitrogens with zero attached hydrogens (tertiary/aromatic N) is 3. The number of rotatable bonds is 2. The molecule has 0 bridgehead atoms. The molecular formula is C18H31N3O. The molecule has 2 aliphatic heterocycles. The van der Waals surface area contributed by atoms with E-state index in [1.165, 1.54) is 5.56 Å². The smallest absolute Gasteiger partial charge is 0.222 e. The second kappa shape index (κ2) is 9.44. The fourth-order valence-corrected chi connectivity index (χ4v) is 2.91. The Morgan fingerprint density at radius 1 is 1.14 bits per heavy atom. The van der Waals surface area contributed by atoms with Crippen LogP contribution in [-0.2, 0) is 4.79 Å². The van der Waals surface area contributed by atoms with Gasteiger partial charge >= 0.3 is 0 Å². The van der Waals surface area contributed by atoms with Crippen LogP contribution in [0.25, 0.3) is 0 Å². The zero-order valence-corrected chi connectivity index (χ0v) is 14.8. The van der Waals surface area contributed by atoms with Crippen molar-refractivity contribution in [2.75, 3.05) is 24.5 Å². The number of likely N-dealkylation sites (tertiary alicyclic amines) is 1. The van der Waals surface area contributed by atoms with Crippen LogP contribution >= 0.6 is 0 Å². The van der Waals surface area contributed by atoms with Crippen molar-refractivity contribution in [3.63, 3.8) is 0 Å². The summed E-state index contributed by atoms with van der Waals surface area (Å²) in [6.07, 6.45) is 4.74. The van der Waals surface area contributed by atoms with Gasteiger partial charge in [0.1, 0.15) is 5.82 Å². The van der Waals surface area contributed by atoms with E-state index in [0.717, 1.165) is 44.7 Å². The molecule has 3 rings (SSSR count). The molecule has 124 valence electrons. The molecule has 2 saturated heterocycles. The average Bonchev–Trinajstić information content (AvgIpc) is 3.21. The topological polar surface area (TPSA) is 36.4 Å². The Balaban J connectivity index is 0.000000561. The molecule has 2 aliphatic rings. The Hall–Kier alpha value is -1.58. The molecule has 1 aromatic heterocycles. The van der Waals surface area contributed by atoms with E-state index in [-0.39, 0.29) is 0 Å². The molecule has 3 heterocycles. The third-order valence-electron chi connectivity index (χ3n) is 3.93. The quantitative estimate of drug-likeness (QED) is 0.837. The van der Waals surface area contributed by atoms with Gasteiger partial charge in [0.15, 0.2) is 0 Å². The summed E-state index contributed by atoms with van der Waals surface area (Å²) in [5, 5.41) is 0. The van der Waals surface area contributed by atoms with Gasteiger partial charge < -0.3 is 9.80 Å². The largest absolute Gasteiger partial charge is 0.354 e. The normalized spacial score (nSPS) is 20.2. The first kappa shape index (κ1) is 18.5. The van der Waals surface area contributed by atoms with Crippen LogP contribution < -0.4 is 4.90 Å². The highest BCUT2D eigenvalue weighted by Gasteiger charge is 2.33. The first-order chi connectivity index (χ1) is 10.7. The second-order valence-electron chi connectivity index (χ2n) is 5.27. The van der Waals surface area contributed by atoms with E-state index in [1.54, 1.807) is 0 Å². The van der Waals surface area contributed by atoms with Gasteiger partial charge in [-0.25, -0.2) is 4.98 Å². The number of hydrogen-bond donors (Lipinski definition) is 0. The van der Waals surface area contributed by atoms with Gasteiger partial charge in [-0.3, -0.25) is 4.79 Å².